The lowest BCUT2D eigenvalue weighted by molar-refractivity contribution is -0.127. The number of ketones is 1. The number of ether oxygens (including phenoxy) is 2. The Morgan fingerprint density at radius 2 is 1.89 bits per heavy atom. The second kappa shape index (κ2) is 7.22. The lowest BCUT2D eigenvalue weighted by Crippen LogP contribution is -2.52. The molecule has 104 valence electrons. The van der Waals surface area contributed by atoms with E-state index in [0.717, 1.165) is 32.4 Å². The van der Waals surface area contributed by atoms with Gasteiger partial charge in [-0.05, 0) is 19.3 Å². The third-order valence-corrected chi connectivity index (χ3v) is 4.08. The zero-order valence-electron chi connectivity index (χ0n) is 11.4. The lowest BCUT2D eigenvalue weighted by Gasteiger charge is -2.45. The fourth-order valence-corrected chi connectivity index (χ4v) is 3.23. The van der Waals surface area contributed by atoms with E-state index in [1.807, 2.05) is 0 Å². The number of rotatable bonds is 7. The van der Waals surface area contributed by atoms with Crippen LogP contribution in [0.4, 0.5) is 0 Å². The number of nitrogens with zero attached hydrogens (tertiary/aromatic N) is 1. The molecular formula is C14H25NO3. The van der Waals surface area contributed by atoms with E-state index in [-0.39, 0.29) is 0 Å². The van der Waals surface area contributed by atoms with Crippen LogP contribution in [0.5, 0.6) is 0 Å². The molecule has 2 unspecified atom stereocenters. The molecule has 2 atom stereocenters. The van der Waals surface area contributed by atoms with E-state index in [1.165, 1.54) is 19.3 Å². The number of hydrogen-bond donors (Lipinski definition) is 0. The molecule has 2 bridgehead atoms. The minimum atomic E-state index is 0.470. The summed E-state index contributed by atoms with van der Waals surface area (Å²) in [6.07, 6.45) is 6.32. The van der Waals surface area contributed by atoms with Crippen LogP contribution in [0, 0.1) is 0 Å². The van der Waals surface area contributed by atoms with Gasteiger partial charge in [-0.15, -0.1) is 0 Å². The van der Waals surface area contributed by atoms with Gasteiger partial charge in [0.25, 0.3) is 0 Å². The highest BCUT2D eigenvalue weighted by Crippen LogP contribution is 2.32. The maximum absolute atomic E-state index is 11.6. The van der Waals surface area contributed by atoms with Crippen molar-refractivity contribution < 1.29 is 14.3 Å². The Labute approximate surface area is 110 Å². The molecule has 2 heterocycles. The third kappa shape index (κ3) is 3.77. The van der Waals surface area contributed by atoms with Gasteiger partial charge in [0.05, 0.1) is 13.2 Å². The maximum atomic E-state index is 11.6. The summed E-state index contributed by atoms with van der Waals surface area (Å²) in [7, 11) is 1.69. The van der Waals surface area contributed by atoms with Crippen molar-refractivity contribution in [3.05, 3.63) is 0 Å². The minimum Gasteiger partial charge on any atom is -0.382 e. The first-order valence-electron chi connectivity index (χ1n) is 7.15. The van der Waals surface area contributed by atoms with Crippen molar-refractivity contribution in [3.8, 4) is 0 Å². The van der Waals surface area contributed by atoms with E-state index in [1.54, 1.807) is 7.11 Å². The number of carbonyl (C=O) groups excluding carboxylic acids is 1. The first-order valence-corrected chi connectivity index (χ1v) is 7.15. The van der Waals surface area contributed by atoms with Crippen LogP contribution in [-0.4, -0.2) is 56.2 Å². The van der Waals surface area contributed by atoms with Crippen molar-refractivity contribution >= 4 is 5.78 Å². The summed E-state index contributed by atoms with van der Waals surface area (Å²) in [6.45, 7) is 3.23. The van der Waals surface area contributed by atoms with Crippen molar-refractivity contribution in [2.24, 2.45) is 0 Å². The molecule has 4 nitrogen and oxygen atoms in total. The molecule has 2 aliphatic rings. The van der Waals surface area contributed by atoms with E-state index in [0.29, 0.717) is 31.1 Å². The van der Waals surface area contributed by atoms with Gasteiger partial charge in [0.1, 0.15) is 5.78 Å². The zero-order valence-corrected chi connectivity index (χ0v) is 11.4. The molecule has 0 aromatic carbocycles. The minimum absolute atomic E-state index is 0.470. The van der Waals surface area contributed by atoms with Crippen LogP contribution in [0.15, 0.2) is 0 Å². The quantitative estimate of drug-likeness (QED) is 0.648. The first kappa shape index (κ1) is 14.0. The highest BCUT2D eigenvalue weighted by atomic mass is 16.5. The highest BCUT2D eigenvalue weighted by molar-refractivity contribution is 5.80. The number of fused-ring (bicyclic) bond motifs is 2. The van der Waals surface area contributed by atoms with Gasteiger partial charge in [0.15, 0.2) is 0 Å². The number of piperidine rings is 2. The fraction of sp³-hybridized carbons (Fsp3) is 0.929. The molecule has 0 amide bonds. The van der Waals surface area contributed by atoms with E-state index < -0.39 is 0 Å². The molecule has 0 aliphatic carbocycles. The molecule has 2 fully saturated rings. The van der Waals surface area contributed by atoms with Gasteiger partial charge in [-0.25, -0.2) is 0 Å². The van der Waals surface area contributed by atoms with E-state index >= 15 is 0 Å². The summed E-state index contributed by atoms with van der Waals surface area (Å²) in [6, 6.07) is 1.04. The largest absolute Gasteiger partial charge is 0.382 e. The molecule has 2 rings (SSSR count). The topological polar surface area (TPSA) is 38.8 Å². The van der Waals surface area contributed by atoms with Crippen LogP contribution in [0.1, 0.15) is 38.5 Å². The molecule has 2 saturated heterocycles. The number of hydrogen-bond acceptors (Lipinski definition) is 4. The van der Waals surface area contributed by atoms with Crippen LogP contribution in [0.25, 0.3) is 0 Å². The van der Waals surface area contributed by atoms with Gasteiger partial charge in [-0.3, -0.25) is 9.69 Å². The van der Waals surface area contributed by atoms with Crippen molar-refractivity contribution in [2.75, 3.05) is 33.5 Å². The van der Waals surface area contributed by atoms with Crippen LogP contribution in [0.2, 0.25) is 0 Å². The molecule has 0 aromatic heterocycles. The van der Waals surface area contributed by atoms with Gasteiger partial charge in [0.2, 0.25) is 0 Å². The summed E-state index contributed by atoms with van der Waals surface area (Å²) in [5.74, 6) is 0.470. The Kier molecular flexibility index (Phi) is 5.60. The molecule has 18 heavy (non-hydrogen) atoms. The zero-order chi connectivity index (χ0) is 12.8. The number of Topliss-reactive ketones (excluding diaryl/α,β-unsaturated/α-hetero) is 1. The van der Waals surface area contributed by atoms with Crippen molar-refractivity contribution in [2.45, 2.75) is 50.6 Å². The third-order valence-electron chi connectivity index (χ3n) is 4.08. The molecule has 0 radical (unpaired) electrons. The van der Waals surface area contributed by atoms with E-state index in [2.05, 4.69) is 4.90 Å². The molecular weight excluding hydrogens is 230 g/mol. The van der Waals surface area contributed by atoms with E-state index in [9.17, 15) is 4.79 Å². The molecule has 0 saturated carbocycles. The summed E-state index contributed by atoms with van der Waals surface area (Å²) >= 11 is 0. The average Bonchev–Trinajstić information content (AvgIpc) is 2.34. The molecule has 0 N–H and O–H groups in total. The average molecular weight is 255 g/mol. The van der Waals surface area contributed by atoms with Gasteiger partial charge in [-0.1, -0.05) is 6.42 Å². The Bertz CT molecular complexity index is 254. The number of carbonyl (C=O) groups is 1. The van der Waals surface area contributed by atoms with Gasteiger partial charge in [-0.2, -0.15) is 0 Å². The van der Waals surface area contributed by atoms with Crippen molar-refractivity contribution in [3.63, 3.8) is 0 Å². The standard InChI is InChI=1S/C14H25NO3/c1-17-8-9-18-7-3-6-15-12-4-2-5-13(15)11-14(16)10-12/h12-13H,2-11H2,1H3. The monoisotopic (exact) mass is 255 g/mol. The predicted molar refractivity (Wildman–Crippen MR) is 69.7 cm³/mol. The predicted octanol–water partition coefficient (Wildman–Crippen LogP) is 1.63. The van der Waals surface area contributed by atoms with Crippen molar-refractivity contribution in [1.82, 2.24) is 4.90 Å². The van der Waals surface area contributed by atoms with E-state index in [4.69, 9.17) is 9.47 Å². The fourth-order valence-electron chi connectivity index (χ4n) is 3.23. The molecule has 2 aliphatic heterocycles. The van der Waals surface area contributed by atoms with Crippen LogP contribution < -0.4 is 0 Å². The maximum Gasteiger partial charge on any atom is 0.136 e. The first-order chi connectivity index (χ1) is 8.81. The van der Waals surface area contributed by atoms with Crippen LogP contribution in [0.3, 0.4) is 0 Å². The Balaban J connectivity index is 1.67. The van der Waals surface area contributed by atoms with Gasteiger partial charge in [0, 0.05) is 45.2 Å². The van der Waals surface area contributed by atoms with Crippen molar-refractivity contribution in [1.29, 1.82) is 0 Å². The van der Waals surface area contributed by atoms with Gasteiger partial charge < -0.3 is 9.47 Å². The molecule has 4 heteroatoms. The second-order valence-corrected chi connectivity index (χ2v) is 5.38. The summed E-state index contributed by atoms with van der Waals surface area (Å²) < 4.78 is 10.4. The van der Waals surface area contributed by atoms with Gasteiger partial charge >= 0.3 is 0 Å². The lowest BCUT2D eigenvalue weighted by atomic mass is 9.84. The number of methoxy groups -OCH3 is 1. The smallest absolute Gasteiger partial charge is 0.136 e. The Hall–Kier alpha value is -0.450. The Morgan fingerprint density at radius 1 is 1.17 bits per heavy atom. The van der Waals surface area contributed by atoms with Crippen LogP contribution in [-0.2, 0) is 14.3 Å². The summed E-state index contributed by atoms with van der Waals surface area (Å²) in [5, 5.41) is 0. The molecule has 0 aromatic rings. The Morgan fingerprint density at radius 3 is 2.56 bits per heavy atom. The highest BCUT2D eigenvalue weighted by Gasteiger charge is 2.36. The second-order valence-electron chi connectivity index (χ2n) is 5.38. The summed E-state index contributed by atoms with van der Waals surface area (Å²) in [4.78, 5) is 14.2. The normalized spacial score (nSPS) is 28.6. The van der Waals surface area contributed by atoms with Crippen LogP contribution >= 0.6 is 0 Å². The SMILES string of the molecule is COCCOCCCN1C2CCCC1CC(=O)C2. The molecule has 0 spiro atoms. The summed E-state index contributed by atoms with van der Waals surface area (Å²) in [5.41, 5.74) is 0.